The SMILES string of the molecule is C[C]1C(C)=C(C)C(C)=C1C.Cc1c[pH]c(C2=N[C@@H](C(C)C)CO2)c1C.[Fe]. The van der Waals surface area contributed by atoms with Crippen LogP contribution < -0.4 is 0 Å². The molecule has 145 valence electrons. The van der Waals surface area contributed by atoms with Crippen LogP contribution in [-0.4, -0.2) is 18.5 Å². The Labute approximate surface area is 172 Å². The van der Waals surface area contributed by atoms with Gasteiger partial charge in [0.2, 0.25) is 5.90 Å². The van der Waals surface area contributed by atoms with Crippen LogP contribution in [0.15, 0.2) is 33.1 Å². The molecule has 0 spiro atoms. The quantitative estimate of drug-likeness (QED) is 0.513. The summed E-state index contributed by atoms with van der Waals surface area (Å²) in [6.45, 7) is 20.5. The molecule has 0 fully saturated rings. The molecule has 1 aliphatic heterocycles. The molecule has 0 aromatic carbocycles. The Balaban J connectivity index is 0.000000270. The molecular formula is C22H33FeNOP. The third kappa shape index (κ3) is 4.75. The predicted molar refractivity (Wildman–Crippen MR) is 112 cm³/mol. The standard InChI is InChI=1S/C12H18NOP.C10H15.Fe/c1-7(2)10-5-14-12(13-10)11-9(4)8(3)6-15-11;1-6-7(2)9(4)10(5)8(6)3;/h6-7,10,15H,5H2,1-4H3;1-5H3;/t10-;;/m1../s1. The minimum Gasteiger partial charge on any atom is -0.475 e. The fourth-order valence-corrected chi connectivity index (χ4v) is 4.34. The molecule has 26 heavy (non-hydrogen) atoms. The summed E-state index contributed by atoms with van der Waals surface area (Å²) in [7, 11) is 0.739. The van der Waals surface area contributed by atoms with Gasteiger partial charge >= 0.3 is 0 Å². The van der Waals surface area contributed by atoms with Crippen molar-refractivity contribution in [3.8, 4) is 0 Å². The van der Waals surface area contributed by atoms with Gasteiger partial charge in [-0.1, -0.05) is 31.9 Å². The van der Waals surface area contributed by atoms with Gasteiger partial charge in [-0.15, -0.1) is 8.19 Å². The molecule has 0 bridgehead atoms. The number of ether oxygens (including phenoxy) is 1. The first-order valence-electron chi connectivity index (χ1n) is 9.20. The van der Waals surface area contributed by atoms with E-state index in [0.717, 1.165) is 20.7 Å². The maximum atomic E-state index is 5.70. The molecule has 2 atom stereocenters. The zero-order chi connectivity index (χ0) is 18.9. The maximum absolute atomic E-state index is 5.70. The monoisotopic (exact) mass is 414 g/mol. The van der Waals surface area contributed by atoms with Crippen molar-refractivity contribution in [2.24, 2.45) is 10.9 Å². The van der Waals surface area contributed by atoms with Crippen molar-refractivity contribution in [3.05, 3.63) is 50.4 Å². The number of aryl methyl sites for hydroxylation is 1. The molecule has 1 aromatic rings. The van der Waals surface area contributed by atoms with E-state index in [1.807, 2.05) is 0 Å². The van der Waals surface area contributed by atoms with Gasteiger partial charge in [0.25, 0.3) is 0 Å². The van der Waals surface area contributed by atoms with Crippen LogP contribution in [0.25, 0.3) is 0 Å². The zero-order valence-electron chi connectivity index (χ0n) is 17.6. The summed E-state index contributed by atoms with van der Waals surface area (Å²) < 4.78 is 5.70. The van der Waals surface area contributed by atoms with Crippen molar-refractivity contribution in [3.63, 3.8) is 0 Å². The van der Waals surface area contributed by atoms with Crippen LogP contribution in [0.3, 0.4) is 0 Å². The minimum atomic E-state index is 0. The second kappa shape index (κ2) is 9.45. The van der Waals surface area contributed by atoms with Crippen LogP contribution >= 0.6 is 8.19 Å². The van der Waals surface area contributed by atoms with Crippen LogP contribution in [0.5, 0.6) is 0 Å². The summed E-state index contributed by atoms with van der Waals surface area (Å²) in [5.74, 6) is 5.22. The Morgan fingerprint density at radius 1 is 0.962 bits per heavy atom. The van der Waals surface area contributed by atoms with Gasteiger partial charge < -0.3 is 4.74 Å². The molecule has 1 unspecified atom stereocenters. The van der Waals surface area contributed by atoms with Crippen molar-refractivity contribution in [1.29, 1.82) is 0 Å². The average molecular weight is 414 g/mol. The Morgan fingerprint density at radius 3 is 1.81 bits per heavy atom. The molecule has 2 nitrogen and oxygen atoms in total. The number of nitrogens with zero attached hydrogens (tertiary/aromatic N) is 1. The third-order valence-corrected chi connectivity index (χ3v) is 7.32. The number of aliphatic imine (C=N–C) groups is 1. The second-order valence-electron chi connectivity index (χ2n) is 7.65. The number of allylic oxidation sites excluding steroid dienone is 4. The summed E-state index contributed by atoms with van der Waals surface area (Å²) in [5.41, 5.74) is 8.61. The topological polar surface area (TPSA) is 21.6 Å². The first kappa shape index (κ1) is 23.3. The van der Waals surface area contributed by atoms with Crippen molar-refractivity contribution < 1.29 is 21.8 Å². The molecule has 3 rings (SSSR count). The van der Waals surface area contributed by atoms with Gasteiger partial charge in [0.1, 0.15) is 6.61 Å². The Hall–Kier alpha value is -0.751. The van der Waals surface area contributed by atoms with Crippen molar-refractivity contribution in [2.45, 2.75) is 68.4 Å². The van der Waals surface area contributed by atoms with Gasteiger partial charge in [0.05, 0.1) is 11.3 Å². The predicted octanol–water partition coefficient (Wildman–Crippen LogP) is 6.40. The molecular weight excluding hydrogens is 381 g/mol. The molecule has 2 aliphatic rings. The van der Waals surface area contributed by atoms with Crippen LogP contribution in [0.2, 0.25) is 0 Å². The summed E-state index contributed by atoms with van der Waals surface area (Å²) in [5, 5.41) is 1.32. The Morgan fingerprint density at radius 2 is 1.50 bits per heavy atom. The summed E-state index contributed by atoms with van der Waals surface area (Å²) in [4.78, 5) is 4.66. The molecule has 1 aromatic heterocycles. The zero-order valence-corrected chi connectivity index (χ0v) is 19.8. The first-order valence-corrected chi connectivity index (χ1v) is 10.3. The van der Waals surface area contributed by atoms with E-state index in [9.17, 15) is 0 Å². The second-order valence-corrected chi connectivity index (χ2v) is 8.73. The van der Waals surface area contributed by atoms with Crippen LogP contribution in [-0.2, 0) is 21.8 Å². The van der Waals surface area contributed by atoms with Gasteiger partial charge in [-0.3, -0.25) is 0 Å². The van der Waals surface area contributed by atoms with Gasteiger partial charge in [-0.25, -0.2) is 4.99 Å². The van der Waals surface area contributed by atoms with Crippen molar-refractivity contribution in [2.75, 3.05) is 6.61 Å². The largest absolute Gasteiger partial charge is 0.475 e. The minimum absolute atomic E-state index is 0. The normalized spacial score (nSPS) is 20.4. The molecule has 0 saturated heterocycles. The molecule has 0 saturated carbocycles. The fraction of sp³-hybridized carbons (Fsp3) is 0.545. The van der Waals surface area contributed by atoms with E-state index in [1.54, 1.807) is 0 Å². The average Bonchev–Trinajstić information content (AvgIpc) is 3.23. The fourth-order valence-electron chi connectivity index (χ4n) is 3.09. The van der Waals surface area contributed by atoms with Gasteiger partial charge in [-0.2, -0.15) is 0 Å². The van der Waals surface area contributed by atoms with E-state index in [1.165, 1.54) is 44.6 Å². The smallest absolute Gasteiger partial charge is 0.220 e. The molecule has 1 aliphatic carbocycles. The van der Waals surface area contributed by atoms with E-state index < -0.39 is 0 Å². The van der Waals surface area contributed by atoms with E-state index in [0.29, 0.717) is 12.0 Å². The van der Waals surface area contributed by atoms with E-state index >= 15 is 0 Å². The molecule has 0 N–H and O–H groups in total. The van der Waals surface area contributed by atoms with Gasteiger partial charge in [0.15, 0.2) is 0 Å². The molecule has 0 amide bonds. The van der Waals surface area contributed by atoms with E-state index in [-0.39, 0.29) is 17.1 Å². The van der Waals surface area contributed by atoms with E-state index in [4.69, 9.17) is 4.74 Å². The summed E-state index contributed by atoms with van der Waals surface area (Å²) in [6, 6.07) is 0.353. The number of hydrogen-bond acceptors (Lipinski definition) is 2. The van der Waals surface area contributed by atoms with Crippen LogP contribution in [0.4, 0.5) is 0 Å². The molecule has 2 heterocycles. The molecule has 4 heteroatoms. The van der Waals surface area contributed by atoms with Crippen molar-refractivity contribution >= 4 is 14.1 Å². The Kier molecular flexibility index (Phi) is 8.46. The summed E-state index contributed by atoms with van der Waals surface area (Å²) >= 11 is 0. The van der Waals surface area contributed by atoms with E-state index in [2.05, 4.69) is 73.1 Å². The van der Waals surface area contributed by atoms with Gasteiger partial charge in [-0.05, 0) is 75.5 Å². The van der Waals surface area contributed by atoms with Crippen molar-refractivity contribution in [1.82, 2.24) is 0 Å². The third-order valence-electron chi connectivity index (χ3n) is 5.87. The summed E-state index contributed by atoms with van der Waals surface area (Å²) in [6.07, 6.45) is 0. The van der Waals surface area contributed by atoms with Crippen LogP contribution in [0, 0.1) is 25.7 Å². The molecule has 1 radical (unpaired) electrons. The number of rotatable bonds is 2. The maximum Gasteiger partial charge on any atom is 0.220 e. The van der Waals surface area contributed by atoms with Gasteiger partial charge in [0, 0.05) is 23.0 Å². The Bertz CT molecular complexity index is 715. The number of hydrogen-bond donors (Lipinski definition) is 0. The van der Waals surface area contributed by atoms with Crippen LogP contribution in [0.1, 0.15) is 64.9 Å². The first-order chi connectivity index (χ1) is 11.6.